The number of carbonyl (C=O) groups excluding carboxylic acids is 1. The monoisotopic (exact) mass is 334 g/mol. The van der Waals surface area contributed by atoms with E-state index < -0.39 is 0 Å². The first-order valence-electron chi connectivity index (χ1n) is 7.89. The number of benzene rings is 1. The van der Waals surface area contributed by atoms with E-state index in [1.807, 2.05) is 50.2 Å². The van der Waals surface area contributed by atoms with Gasteiger partial charge in [0, 0.05) is 17.1 Å². The highest BCUT2D eigenvalue weighted by atomic mass is 16.2. The first-order chi connectivity index (χ1) is 12.0. The summed E-state index contributed by atoms with van der Waals surface area (Å²) >= 11 is 0. The van der Waals surface area contributed by atoms with Gasteiger partial charge in [-0.25, -0.2) is 10.4 Å². The number of hydrazone groups is 1. The van der Waals surface area contributed by atoms with Gasteiger partial charge in [-0.15, -0.1) is 0 Å². The Morgan fingerprint density at radius 3 is 2.72 bits per heavy atom. The van der Waals surface area contributed by atoms with Crippen LogP contribution >= 0.6 is 0 Å². The van der Waals surface area contributed by atoms with E-state index in [9.17, 15) is 9.59 Å². The number of carbonyl (C=O) groups is 1. The van der Waals surface area contributed by atoms with Gasteiger partial charge in [0.2, 0.25) is 0 Å². The van der Waals surface area contributed by atoms with Gasteiger partial charge in [0.15, 0.2) is 0 Å². The Morgan fingerprint density at radius 2 is 1.96 bits per heavy atom. The summed E-state index contributed by atoms with van der Waals surface area (Å²) in [5, 5.41) is 4.77. The molecule has 0 radical (unpaired) electrons. The predicted octanol–water partition coefficient (Wildman–Crippen LogP) is 2.16. The molecule has 6 nitrogen and oxygen atoms in total. The van der Waals surface area contributed by atoms with E-state index in [-0.39, 0.29) is 18.0 Å². The van der Waals surface area contributed by atoms with Gasteiger partial charge in [-0.2, -0.15) is 5.10 Å². The molecule has 3 rings (SSSR count). The normalized spacial score (nSPS) is 11.1. The molecule has 2 heterocycles. The van der Waals surface area contributed by atoms with Gasteiger partial charge in [-0.3, -0.25) is 14.2 Å². The highest BCUT2D eigenvalue weighted by Crippen LogP contribution is 2.15. The van der Waals surface area contributed by atoms with Gasteiger partial charge in [0.1, 0.15) is 12.2 Å². The summed E-state index contributed by atoms with van der Waals surface area (Å²) in [6.45, 7) is 3.67. The molecule has 25 heavy (non-hydrogen) atoms. The Balaban J connectivity index is 1.83. The molecule has 6 heteroatoms. The maximum Gasteiger partial charge on any atom is 0.260 e. The standard InChI is InChI=1S/C19H18N4O2/c1-13-10-14(2)21-19-16(13)8-9-18(25)23(19)12-17(24)22-20-11-15-6-4-3-5-7-15/h3-11H,12H2,1-2H3,(H,22,24)/b20-11-. The smallest absolute Gasteiger partial charge is 0.260 e. The van der Waals surface area contributed by atoms with Crippen molar-refractivity contribution >= 4 is 23.2 Å². The van der Waals surface area contributed by atoms with Crippen molar-refractivity contribution in [3.63, 3.8) is 0 Å². The van der Waals surface area contributed by atoms with Crippen LogP contribution in [0.5, 0.6) is 0 Å². The van der Waals surface area contributed by atoms with E-state index in [2.05, 4.69) is 15.5 Å². The Labute approximate surface area is 144 Å². The van der Waals surface area contributed by atoms with E-state index in [1.165, 1.54) is 10.6 Å². The number of aryl methyl sites for hydroxylation is 2. The number of hydrogen-bond acceptors (Lipinski definition) is 4. The minimum Gasteiger partial charge on any atom is -0.283 e. The third-order valence-electron chi connectivity index (χ3n) is 3.79. The van der Waals surface area contributed by atoms with Gasteiger partial charge >= 0.3 is 0 Å². The topological polar surface area (TPSA) is 76.3 Å². The molecule has 0 saturated heterocycles. The SMILES string of the molecule is Cc1cc(C)c2ccc(=O)n(CC(=O)N/N=C\c3ccccc3)c2n1. The van der Waals surface area contributed by atoms with E-state index >= 15 is 0 Å². The number of nitrogens with one attached hydrogen (secondary N) is 1. The minimum absolute atomic E-state index is 0.141. The van der Waals surface area contributed by atoms with E-state index in [0.29, 0.717) is 5.65 Å². The van der Waals surface area contributed by atoms with Crippen molar-refractivity contribution in [2.45, 2.75) is 20.4 Å². The number of aromatic nitrogens is 2. The van der Waals surface area contributed by atoms with Gasteiger partial charge in [0.05, 0.1) is 6.21 Å². The average Bonchev–Trinajstić information content (AvgIpc) is 2.58. The second kappa shape index (κ2) is 7.09. The van der Waals surface area contributed by atoms with Crippen molar-refractivity contribution in [3.05, 3.63) is 75.7 Å². The van der Waals surface area contributed by atoms with E-state index in [0.717, 1.165) is 22.2 Å². The van der Waals surface area contributed by atoms with E-state index in [1.54, 1.807) is 12.3 Å². The second-order valence-corrected chi connectivity index (χ2v) is 5.78. The zero-order valence-electron chi connectivity index (χ0n) is 14.1. The molecular weight excluding hydrogens is 316 g/mol. The summed E-state index contributed by atoms with van der Waals surface area (Å²) in [6.07, 6.45) is 1.55. The number of hydrogen-bond donors (Lipinski definition) is 1. The van der Waals surface area contributed by atoms with Crippen LogP contribution in [0, 0.1) is 13.8 Å². The summed E-state index contributed by atoms with van der Waals surface area (Å²) in [4.78, 5) is 28.8. The van der Waals surface area contributed by atoms with Crippen LogP contribution in [-0.4, -0.2) is 21.7 Å². The number of rotatable bonds is 4. The van der Waals surface area contributed by atoms with Gasteiger partial charge < -0.3 is 0 Å². The molecule has 1 N–H and O–H groups in total. The second-order valence-electron chi connectivity index (χ2n) is 5.78. The van der Waals surface area contributed by atoms with Crippen molar-refractivity contribution in [1.82, 2.24) is 15.0 Å². The van der Waals surface area contributed by atoms with Crippen molar-refractivity contribution in [2.24, 2.45) is 5.10 Å². The summed E-state index contributed by atoms with van der Waals surface area (Å²) in [6, 6.07) is 14.6. The molecule has 0 atom stereocenters. The molecule has 0 saturated carbocycles. The Hall–Kier alpha value is -3.28. The molecule has 0 spiro atoms. The van der Waals surface area contributed by atoms with Crippen LogP contribution in [0.3, 0.4) is 0 Å². The molecule has 0 aliphatic rings. The Morgan fingerprint density at radius 1 is 1.20 bits per heavy atom. The third-order valence-corrected chi connectivity index (χ3v) is 3.79. The summed E-state index contributed by atoms with van der Waals surface area (Å²) < 4.78 is 1.36. The lowest BCUT2D eigenvalue weighted by Crippen LogP contribution is -2.30. The number of amides is 1. The number of nitrogens with zero attached hydrogens (tertiary/aromatic N) is 3. The van der Waals surface area contributed by atoms with Crippen molar-refractivity contribution in [3.8, 4) is 0 Å². The molecule has 126 valence electrons. The Bertz CT molecular complexity index is 1010. The maximum absolute atomic E-state index is 12.2. The van der Waals surface area contributed by atoms with Crippen LogP contribution in [-0.2, 0) is 11.3 Å². The van der Waals surface area contributed by atoms with E-state index in [4.69, 9.17) is 0 Å². The third kappa shape index (κ3) is 3.80. The quantitative estimate of drug-likeness (QED) is 0.587. The van der Waals surface area contributed by atoms with Gasteiger partial charge in [0.25, 0.3) is 11.5 Å². The lowest BCUT2D eigenvalue weighted by molar-refractivity contribution is -0.121. The zero-order chi connectivity index (χ0) is 17.8. The molecule has 2 aromatic heterocycles. The molecule has 0 aliphatic carbocycles. The molecule has 0 unspecified atom stereocenters. The van der Waals surface area contributed by atoms with Crippen LogP contribution in [0.15, 0.2) is 58.4 Å². The summed E-state index contributed by atoms with van der Waals surface area (Å²) in [5.41, 5.74) is 5.36. The summed E-state index contributed by atoms with van der Waals surface area (Å²) in [7, 11) is 0. The first kappa shape index (κ1) is 16.6. The zero-order valence-corrected chi connectivity index (χ0v) is 14.1. The molecule has 0 fully saturated rings. The van der Waals surface area contributed by atoms with Crippen molar-refractivity contribution < 1.29 is 4.79 Å². The van der Waals surface area contributed by atoms with Gasteiger partial charge in [-0.05, 0) is 37.1 Å². The van der Waals surface area contributed by atoms with Crippen LogP contribution < -0.4 is 11.0 Å². The summed E-state index contributed by atoms with van der Waals surface area (Å²) in [5.74, 6) is -0.386. The molecular formula is C19H18N4O2. The molecule has 3 aromatic rings. The fourth-order valence-electron chi connectivity index (χ4n) is 2.64. The fourth-order valence-corrected chi connectivity index (χ4v) is 2.64. The van der Waals surface area contributed by atoms with Crippen LogP contribution in [0.4, 0.5) is 0 Å². The minimum atomic E-state index is -0.386. The number of fused-ring (bicyclic) bond motifs is 1. The van der Waals surface area contributed by atoms with Crippen LogP contribution in [0.25, 0.3) is 11.0 Å². The lowest BCUT2D eigenvalue weighted by Gasteiger charge is -2.10. The van der Waals surface area contributed by atoms with Crippen molar-refractivity contribution in [2.75, 3.05) is 0 Å². The lowest BCUT2D eigenvalue weighted by atomic mass is 10.1. The fraction of sp³-hybridized carbons (Fsp3) is 0.158. The maximum atomic E-state index is 12.2. The molecule has 1 amide bonds. The predicted molar refractivity (Wildman–Crippen MR) is 97.7 cm³/mol. The van der Waals surface area contributed by atoms with Crippen LogP contribution in [0.2, 0.25) is 0 Å². The van der Waals surface area contributed by atoms with Gasteiger partial charge in [-0.1, -0.05) is 30.3 Å². The Kier molecular flexibility index (Phi) is 4.70. The number of pyridine rings is 2. The highest BCUT2D eigenvalue weighted by molar-refractivity contribution is 5.84. The molecule has 0 aliphatic heterocycles. The van der Waals surface area contributed by atoms with Crippen LogP contribution in [0.1, 0.15) is 16.8 Å². The first-order valence-corrected chi connectivity index (χ1v) is 7.89. The van der Waals surface area contributed by atoms with Crippen molar-refractivity contribution in [1.29, 1.82) is 0 Å². The largest absolute Gasteiger partial charge is 0.283 e. The highest BCUT2D eigenvalue weighted by Gasteiger charge is 2.10. The molecule has 0 bridgehead atoms. The average molecular weight is 334 g/mol. The molecule has 1 aromatic carbocycles.